The van der Waals surface area contributed by atoms with Crippen LogP contribution in [0.25, 0.3) is 0 Å². The van der Waals surface area contributed by atoms with Gasteiger partial charge in [0.05, 0.1) is 5.38 Å². The molecule has 74 valence electrons. The minimum Gasteiger partial charge on any atom is -0.303 e. The van der Waals surface area contributed by atoms with Gasteiger partial charge in [-0.2, -0.15) is 0 Å². The summed E-state index contributed by atoms with van der Waals surface area (Å²) in [5.41, 5.74) is 0.979. The average molecular weight is 247 g/mol. The summed E-state index contributed by atoms with van der Waals surface area (Å²) in [6.45, 7) is 0. The molecule has 1 heterocycles. The van der Waals surface area contributed by atoms with E-state index in [1.807, 2.05) is 18.2 Å². The number of halogens is 2. The summed E-state index contributed by atoms with van der Waals surface area (Å²) in [4.78, 5) is 11.9. The van der Waals surface area contributed by atoms with Crippen molar-refractivity contribution in [3.05, 3.63) is 28.8 Å². The molecule has 0 aromatic heterocycles. The summed E-state index contributed by atoms with van der Waals surface area (Å²) >= 11 is 13.7. The van der Waals surface area contributed by atoms with Gasteiger partial charge < -0.3 is 4.79 Å². The van der Waals surface area contributed by atoms with Crippen LogP contribution >= 0.6 is 35.0 Å². The third kappa shape index (κ3) is 1.79. The first kappa shape index (κ1) is 10.3. The number of thioether (sulfide) groups is 1. The predicted octanol–water partition coefficient (Wildman–Crippen LogP) is 3.54. The van der Waals surface area contributed by atoms with Gasteiger partial charge in [-0.15, -0.1) is 23.4 Å². The maximum Gasteiger partial charge on any atom is 0.125 e. The molecular formula is C10H8Cl2OS. The lowest BCUT2D eigenvalue weighted by Crippen LogP contribution is -2.17. The van der Waals surface area contributed by atoms with Gasteiger partial charge in [0.25, 0.3) is 0 Å². The van der Waals surface area contributed by atoms with Crippen LogP contribution in [0.15, 0.2) is 23.1 Å². The van der Waals surface area contributed by atoms with E-state index in [4.69, 9.17) is 23.2 Å². The van der Waals surface area contributed by atoms with Gasteiger partial charge in [-0.05, 0) is 23.8 Å². The first-order valence-corrected chi connectivity index (χ1v) is 6.04. The number of alkyl halides is 1. The van der Waals surface area contributed by atoms with E-state index >= 15 is 0 Å². The summed E-state index contributed by atoms with van der Waals surface area (Å²) in [6, 6.07) is 5.65. The van der Waals surface area contributed by atoms with Crippen LogP contribution in [-0.4, -0.2) is 12.0 Å². The van der Waals surface area contributed by atoms with Gasteiger partial charge >= 0.3 is 0 Å². The zero-order chi connectivity index (χ0) is 10.1. The first-order chi connectivity index (χ1) is 6.72. The molecule has 0 aliphatic carbocycles. The zero-order valence-electron chi connectivity index (χ0n) is 7.24. The van der Waals surface area contributed by atoms with Crippen molar-refractivity contribution in [2.75, 3.05) is 5.75 Å². The van der Waals surface area contributed by atoms with E-state index in [2.05, 4.69) is 0 Å². The van der Waals surface area contributed by atoms with Crippen LogP contribution in [0.5, 0.6) is 0 Å². The van der Waals surface area contributed by atoms with E-state index < -0.39 is 0 Å². The van der Waals surface area contributed by atoms with E-state index in [-0.39, 0.29) is 11.3 Å². The number of aldehydes is 1. The molecule has 14 heavy (non-hydrogen) atoms. The quantitative estimate of drug-likeness (QED) is 0.557. The third-order valence-corrected chi connectivity index (χ3v) is 4.28. The monoisotopic (exact) mass is 246 g/mol. The van der Waals surface area contributed by atoms with E-state index in [0.29, 0.717) is 5.02 Å². The molecule has 2 rings (SSSR count). The molecule has 1 aliphatic heterocycles. The molecular weight excluding hydrogens is 239 g/mol. The van der Waals surface area contributed by atoms with Gasteiger partial charge in [0.1, 0.15) is 6.29 Å². The Bertz CT molecular complexity index is 367. The third-order valence-electron chi connectivity index (χ3n) is 2.25. The normalized spacial score (nSPS) is 25.6. The summed E-state index contributed by atoms with van der Waals surface area (Å²) in [6.07, 6.45) is 0.925. The van der Waals surface area contributed by atoms with Crippen LogP contribution in [0.4, 0.5) is 0 Å². The highest BCUT2D eigenvalue weighted by Crippen LogP contribution is 2.43. The number of carbonyl (C=O) groups excluding carboxylic acids is 1. The van der Waals surface area contributed by atoms with Crippen LogP contribution < -0.4 is 0 Å². The number of carbonyl (C=O) groups is 1. The standard InChI is InChI=1S/C10H8Cl2OS/c11-7-1-2-9-8(3-7)10(12)6(4-13)5-14-9/h1-4,6,10H,5H2. The van der Waals surface area contributed by atoms with E-state index in [1.54, 1.807) is 11.8 Å². The molecule has 0 saturated heterocycles. The van der Waals surface area contributed by atoms with Crippen LogP contribution in [0.3, 0.4) is 0 Å². The highest BCUT2D eigenvalue weighted by Gasteiger charge is 2.28. The molecule has 0 saturated carbocycles. The lowest BCUT2D eigenvalue weighted by molar-refractivity contribution is -0.110. The molecule has 0 N–H and O–H groups in total. The van der Waals surface area contributed by atoms with Crippen molar-refractivity contribution < 1.29 is 4.79 Å². The van der Waals surface area contributed by atoms with Crippen molar-refractivity contribution in [3.8, 4) is 0 Å². The van der Waals surface area contributed by atoms with Crippen molar-refractivity contribution in [1.82, 2.24) is 0 Å². The Hall–Kier alpha value is -0.180. The number of rotatable bonds is 1. The average Bonchev–Trinajstić information content (AvgIpc) is 2.20. The molecule has 1 aromatic rings. The van der Waals surface area contributed by atoms with Gasteiger partial charge in [-0.1, -0.05) is 11.6 Å². The van der Waals surface area contributed by atoms with Crippen LogP contribution in [0.1, 0.15) is 10.9 Å². The second kappa shape index (κ2) is 4.13. The highest BCUT2D eigenvalue weighted by atomic mass is 35.5. The van der Waals surface area contributed by atoms with Gasteiger partial charge in [-0.3, -0.25) is 0 Å². The Labute approximate surface area is 96.8 Å². The number of hydrogen-bond donors (Lipinski definition) is 0. The van der Waals surface area contributed by atoms with Gasteiger partial charge in [0.15, 0.2) is 0 Å². The van der Waals surface area contributed by atoms with E-state index in [9.17, 15) is 4.79 Å². The first-order valence-electron chi connectivity index (χ1n) is 4.24. The Kier molecular flexibility index (Phi) is 3.05. The molecule has 2 atom stereocenters. The Morgan fingerprint density at radius 3 is 3.00 bits per heavy atom. The summed E-state index contributed by atoms with van der Waals surface area (Å²) in [5, 5.41) is 0.434. The second-order valence-corrected chi connectivity index (χ2v) is 5.16. The summed E-state index contributed by atoms with van der Waals surface area (Å²) in [5.74, 6) is 0.652. The molecule has 2 unspecified atom stereocenters. The van der Waals surface area contributed by atoms with E-state index in [1.165, 1.54) is 0 Å². The van der Waals surface area contributed by atoms with Crippen molar-refractivity contribution >= 4 is 41.2 Å². The lowest BCUT2D eigenvalue weighted by Gasteiger charge is -2.25. The smallest absolute Gasteiger partial charge is 0.125 e. The zero-order valence-corrected chi connectivity index (χ0v) is 9.57. The maximum absolute atomic E-state index is 10.7. The fourth-order valence-corrected chi connectivity index (χ4v) is 3.32. The van der Waals surface area contributed by atoms with Crippen molar-refractivity contribution in [2.45, 2.75) is 10.3 Å². The van der Waals surface area contributed by atoms with Crippen LogP contribution in [0, 0.1) is 5.92 Å². The van der Waals surface area contributed by atoms with Gasteiger partial charge in [0.2, 0.25) is 0 Å². The maximum atomic E-state index is 10.7. The van der Waals surface area contributed by atoms with Crippen LogP contribution in [-0.2, 0) is 4.79 Å². The molecule has 0 amide bonds. The topological polar surface area (TPSA) is 17.1 Å². The molecule has 4 heteroatoms. The Balaban J connectivity index is 2.42. The number of benzene rings is 1. The SMILES string of the molecule is O=CC1CSc2ccc(Cl)cc2C1Cl. The summed E-state index contributed by atoms with van der Waals surface area (Å²) in [7, 11) is 0. The molecule has 0 fully saturated rings. The molecule has 1 nitrogen and oxygen atoms in total. The molecule has 1 aliphatic rings. The number of hydrogen-bond acceptors (Lipinski definition) is 2. The van der Waals surface area contributed by atoms with E-state index in [0.717, 1.165) is 22.5 Å². The molecule has 0 bridgehead atoms. The molecule has 0 radical (unpaired) electrons. The molecule has 1 aromatic carbocycles. The van der Waals surface area contributed by atoms with Gasteiger partial charge in [-0.25, -0.2) is 0 Å². The largest absolute Gasteiger partial charge is 0.303 e. The van der Waals surface area contributed by atoms with Crippen molar-refractivity contribution in [3.63, 3.8) is 0 Å². The fourth-order valence-electron chi connectivity index (χ4n) is 1.48. The van der Waals surface area contributed by atoms with Crippen molar-refractivity contribution in [2.24, 2.45) is 5.92 Å². The fraction of sp³-hybridized carbons (Fsp3) is 0.300. The summed E-state index contributed by atoms with van der Waals surface area (Å²) < 4.78 is 0. The minimum absolute atomic E-state index is 0.104. The Morgan fingerprint density at radius 1 is 1.50 bits per heavy atom. The highest BCUT2D eigenvalue weighted by molar-refractivity contribution is 7.99. The lowest BCUT2D eigenvalue weighted by atomic mass is 10.0. The minimum atomic E-state index is -0.234. The number of fused-ring (bicyclic) bond motifs is 1. The van der Waals surface area contributed by atoms with Crippen LogP contribution in [0.2, 0.25) is 5.02 Å². The predicted molar refractivity (Wildman–Crippen MR) is 60.3 cm³/mol. The van der Waals surface area contributed by atoms with Crippen molar-refractivity contribution in [1.29, 1.82) is 0 Å². The molecule has 0 spiro atoms. The van der Waals surface area contributed by atoms with Gasteiger partial charge in [0, 0.05) is 21.6 Å². The second-order valence-electron chi connectivity index (χ2n) is 3.19. The Morgan fingerprint density at radius 2 is 2.29 bits per heavy atom.